The second kappa shape index (κ2) is 8.95. The number of imidazole rings is 1. The number of aryl methyl sites for hydroxylation is 1. The van der Waals surface area contributed by atoms with Crippen molar-refractivity contribution in [1.82, 2.24) is 4.98 Å². The van der Waals surface area contributed by atoms with Gasteiger partial charge in [0.2, 0.25) is 5.91 Å². The van der Waals surface area contributed by atoms with Gasteiger partial charge in [-0.25, -0.2) is 4.98 Å². The van der Waals surface area contributed by atoms with Gasteiger partial charge in [-0.2, -0.15) is 8.42 Å². The van der Waals surface area contributed by atoms with Gasteiger partial charge >= 0.3 is 15.2 Å². The number of thioether (sulfide) groups is 1. The maximum atomic E-state index is 13.4. The maximum Gasteiger partial charge on any atom is 0.336 e. The van der Waals surface area contributed by atoms with Crippen LogP contribution in [0.3, 0.4) is 0 Å². The lowest BCUT2D eigenvalue weighted by Crippen LogP contribution is -2.44. The number of hydrogen-bond acceptors (Lipinski definition) is 4. The fourth-order valence-corrected chi connectivity index (χ4v) is 5.80. The summed E-state index contributed by atoms with van der Waals surface area (Å²) in [4.78, 5) is 15.8. The minimum absolute atomic E-state index is 0.0622. The molecule has 3 aromatic carbocycles. The Balaban J connectivity index is 1.60. The summed E-state index contributed by atoms with van der Waals surface area (Å²) < 4.78 is 28.0. The summed E-state index contributed by atoms with van der Waals surface area (Å²) in [5.74, 6) is -0.149. The highest BCUT2D eigenvalue weighted by atomic mass is 32.2. The number of para-hydroxylation sites is 2. The largest absolute Gasteiger partial charge is 0.336 e. The first-order valence-electron chi connectivity index (χ1n) is 9.84. The highest BCUT2D eigenvalue weighted by Crippen LogP contribution is 2.22. The molecule has 0 radical (unpaired) electrons. The number of rotatable bonds is 7. The zero-order valence-electron chi connectivity index (χ0n) is 16.9. The zero-order chi connectivity index (χ0) is 21.8. The molecule has 0 spiro atoms. The lowest BCUT2D eigenvalue weighted by atomic mass is 10.1. The van der Waals surface area contributed by atoms with Crippen LogP contribution in [0.4, 0.5) is 5.69 Å². The molecule has 0 aliphatic heterocycles. The van der Waals surface area contributed by atoms with Crippen molar-refractivity contribution in [2.75, 3.05) is 11.1 Å². The van der Waals surface area contributed by atoms with E-state index in [4.69, 9.17) is 0 Å². The average molecular weight is 453 g/mol. The first-order valence-corrected chi connectivity index (χ1v) is 12.3. The van der Waals surface area contributed by atoms with E-state index in [-0.39, 0.29) is 16.6 Å². The third-order valence-electron chi connectivity index (χ3n) is 4.82. The number of nitrogens with one attached hydrogen (secondary N) is 2. The normalized spacial score (nSPS) is 11.5. The second-order valence-electron chi connectivity index (χ2n) is 6.92. The van der Waals surface area contributed by atoms with Crippen LogP contribution in [0.15, 0.2) is 88.9 Å². The van der Waals surface area contributed by atoms with E-state index < -0.39 is 10.0 Å². The quantitative estimate of drug-likeness (QED) is 0.328. The zero-order valence-corrected chi connectivity index (χ0v) is 18.5. The number of carbonyl (C=O) groups excluding carboxylic acids is 1. The van der Waals surface area contributed by atoms with Crippen molar-refractivity contribution in [3.8, 4) is 0 Å². The first-order chi connectivity index (χ1) is 15.0. The Kier molecular flexibility index (Phi) is 6.11. The Labute approximate surface area is 185 Å². The van der Waals surface area contributed by atoms with E-state index in [0.717, 1.165) is 18.2 Å². The first kappa shape index (κ1) is 21.1. The van der Waals surface area contributed by atoms with Crippen LogP contribution in [0, 0.1) is 0 Å². The number of nitrogens with zero attached hydrogens (tertiary/aromatic N) is 1. The van der Waals surface area contributed by atoms with Gasteiger partial charge < -0.3 is 5.32 Å². The van der Waals surface area contributed by atoms with Crippen LogP contribution < -0.4 is 9.29 Å². The molecule has 0 aliphatic rings. The number of aromatic amines is 1. The molecule has 1 heterocycles. The molecule has 4 rings (SSSR count). The summed E-state index contributed by atoms with van der Waals surface area (Å²) in [5.41, 5.74) is 3.12. The summed E-state index contributed by atoms with van der Waals surface area (Å²) in [6, 6.07) is 23.1. The summed E-state index contributed by atoms with van der Waals surface area (Å²) in [6.07, 6.45) is 0.931. The minimum Gasteiger partial charge on any atom is -0.325 e. The second-order valence-corrected chi connectivity index (χ2v) is 9.67. The molecular formula is C23H22N3O3S2+. The van der Waals surface area contributed by atoms with Gasteiger partial charge in [-0.1, -0.05) is 49.4 Å². The molecule has 0 bridgehead atoms. The van der Waals surface area contributed by atoms with Gasteiger partial charge in [0, 0.05) is 5.69 Å². The lowest BCUT2D eigenvalue weighted by molar-refractivity contribution is -0.526. The molecule has 4 aromatic rings. The van der Waals surface area contributed by atoms with Crippen molar-refractivity contribution in [2.45, 2.75) is 23.4 Å². The molecule has 0 saturated carbocycles. The lowest BCUT2D eigenvalue weighted by Gasteiger charge is -2.06. The van der Waals surface area contributed by atoms with Crippen LogP contribution in [0.2, 0.25) is 0 Å². The molecule has 1 aromatic heterocycles. The van der Waals surface area contributed by atoms with E-state index in [1.54, 1.807) is 42.5 Å². The molecule has 0 saturated heterocycles. The number of fused-ring (bicyclic) bond motifs is 1. The van der Waals surface area contributed by atoms with Gasteiger partial charge in [0.25, 0.3) is 0 Å². The maximum absolute atomic E-state index is 13.4. The monoisotopic (exact) mass is 452 g/mol. The van der Waals surface area contributed by atoms with Crippen molar-refractivity contribution in [3.05, 3.63) is 84.4 Å². The molecule has 6 nitrogen and oxygen atoms in total. The number of benzene rings is 3. The number of H-pyrrole nitrogens is 1. The Morgan fingerprint density at radius 1 is 0.968 bits per heavy atom. The molecule has 0 atom stereocenters. The van der Waals surface area contributed by atoms with E-state index in [0.29, 0.717) is 21.9 Å². The topological polar surface area (TPSA) is 82.9 Å². The van der Waals surface area contributed by atoms with Crippen molar-refractivity contribution in [2.24, 2.45) is 0 Å². The predicted octanol–water partition coefficient (Wildman–Crippen LogP) is 3.99. The molecule has 0 aliphatic carbocycles. The van der Waals surface area contributed by atoms with Crippen LogP contribution >= 0.6 is 11.8 Å². The van der Waals surface area contributed by atoms with Gasteiger partial charge in [-0.15, -0.1) is 3.97 Å². The fraction of sp³-hybridized carbons (Fsp3) is 0.130. The van der Waals surface area contributed by atoms with Crippen LogP contribution in [0.25, 0.3) is 11.0 Å². The smallest absolute Gasteiger partial charge is 0.325 e. The van der Waals surface area contributed by atoms with Crippen LogP contribution in [0.5, 0.6) is 0 Å². The molecule has 158 valence electrons. The van der Waals surface area contributed by atoms with Gasteiger partial charge in [0.1, 0.15) is 4.90 Å². The minimum atomic E-state index is -3.83. The van der Waals surface area contributed by atoms with E-state index in [9.17, 15) is 13.2 Å². The van der Waals surface area contributed by atoms with Crippen LogP contribution in [0.1, 0.15) is 12.5 Å². The van der Waals surface area contributed by atoms with E-state index in [1.807, 2.05) is 36.4 Å². The van der Waals surface area contributed by atoms with Crippen LogP contribution in [-0.4, -0.2) is 25.1 Å². The van der Waals surface area contributed by atoms with Crippen LogP contribution in [-0.2, 0) is 21.2 Å². The number of hydrogen-bond donors (Lipinski definition) is 2. The van der Waals surface area contributed by atoms with Gasteiger partial charge in [0.15, 0.2) is 11.0 Å². The highest BCUT2D eigenvalue weighted by Gasteiger charge is 2.31. The highest BCUT2D eigenvalue weighted by molar-refractivity contribution is 8.00. The molecule has 31 heavy (non-hydrogen) atoms. The van der Waals surface area contributed by atoms with Crippen molar-refractivity contribution >= 4 is 44.4 Å². The number of anilines is 1. The third-order valence-corrected chi connectivity index (χ3v) is 7.62. The Morgan fingerprint density at radius 3 is 2.35 bits per heavy atom. The fourth-order valence-electron chi connectivity index (χ4n) is 3.22. The van der Waals surface area contributed by atoms with Crippen molar-refractivity contribution in [3.63, 3.8) is 0 Å². The Morgan fingerprint density at radius 2 is 1.65 bits per heavy atom. The van der Waals surface area contributed by atoms with E-state index >= 15 is 0 Å². The Hall–Kier alpha value is -3.10. The average Bonchev–Trinajstić information content (AvgIpc) is 3.18. The number of carbonyl (C=O) groups is 1. The summed E-state index contributed by atoms with van der Waals surface area (Å²) in [6.45, 7) is 2.07. The summed E-state index contributed by atoms with van der Waals surface area (Å²) in [7, 11) is -3.83. The van der Waals surface area contributed by atoms with Gasteiger partial charge in [-0.3, -0.25) is 4.79 Å². The summed E-state index contributed by atoms with van der Waals surface area (Å²) in [5, 5.41) is 3.23. The molecule has 2 N–H and O–H groups in total. The number of amides is 1. The van der Waals surface area contributed by atoms with E-state index in [1.165, 1.54) is 9.54 Å². The van der Waals surface area contributed by atoms with Crippen molar-refractivity contribution < 1.29 is 17.2 Å². The number of aromatic nitrogens is 2. The third kappa shape index (κ3) is 4.50. The van der Waals surface area contributed by atoms with Crippen molar-refractivity contribution in [1.29, 1.82) is 0 Å². The Bertz CT molecular complexity index is 1320. The summed E-state index contributed by atoms with van der Waals surface area (Å²) >= 11 is 1.15. The molecule has 1 amide bonds. The predicted molar refractivity (Wildman–Crippen MR) is 123 cm³/mol. The van der Waals surface area contributed by atoms with Gasteiger partial charge in [-0.05, 0) is 60.1 Å². The molecule has 0 fully saturated rings. The van der Waals surface area contributed by atoms with E-state index in [2.05, 4.69) is 17.2 Å². The SMILES string of the molecule is CCc1ccc(NC(=O)CSc2[nH]c3ccccc3[n+]2S(=O)(=O)c2ccccc2)cc1. The standard InChI is InChI=1S/C23H21N3O3S2/c1-2-17-12-14-18(15-13-17)24-22(27)16-30-23-25-20-10-6-7-11-21(20)26(23)31(28,29)19-8-4-3-5-9-19/h3-15H,2,16H2,1H3,(H,24,27)/p+1. The molecule has 0 unspecified atom stereocenters. The molecular weight excluding hydrogens is 430 g/mol. The van der Waals surface area contributed by atoms with Gasteiger partial charge in [0.05, 0.1) is 5.75 Å². The molecule has 8 heteroatoms.